The Kier molecular flexibility index (Phi) is 5.73. The van der Waals surface area contributed by atoms with Crippen LogP contribution in [0, 0.1) is 0 Å². The maximum absolute atomic E-state index is 6.53. The summed E-state index contributed by atoms with van der Waals surface area (Å²) in [6.45, 7) is 0. The van der Waals surface area contributed by atoms with Gasteiger partial charge in [-0.2, -0.15) is 0 Å². The van der Waals surface area contributed by atoms with Crippen LogP contribution in [0.5, 0.6) is 0 Å². The van der Waals surface area contributed by atoms with Crippen molar-refractivity contribution in [2.24, 2.45) is 0 Å². The fourth-order valence-electron chi connectivity index (χ4n) is 5.03. The molecule has 0 bridgehead atoms. The zero-order chi connectivity index (χ0) is 25.5. The molecular formula is C34H21ClN2S. The maximum atomic E-state index is 6.53. The van der Waals surface area contributed by atoms with Crippen molar-refractivity contribution in [3.8, 4) is 44.9 Å². The average molecular weight is 525 g/mol. The van der Waals surface area contributed by atoms with Crippen LogP contribution >= 0.6 is 22.9 Å². The molecule has 0 aliphatic rings. The Bertz CT molecular complexity index is 1920. The summed E-state index contributed by atoms with van der Waals surface area (Å²) in [4.78, 5) is 9.52. The Labute approximate surface area is 229 Å². The number of hydrogen-bond acceptors (Lipinski definition) is 3. The first-order valence-corrected chi connectivity index (χ1v) is 13.6. The third-order valence-corrected chi connectivity index (χ3v) is 8.25. The van der Waals surface area contributed by atoms with Gasteiger partial charge in [-0.3, -0.25) is 0 Å². The molecule has 2 heterocycles. The fraction of sp³-hybridized carbons (Fsp3) is 0. The van der Waals surface area contributed by atoms with Crippen molar-refractivity contribution in [2.75, 3.05) is 0 Å². The summed E-state index contributed by atoms with van der Waals surface area (Å²) in [6.07, 6.45) is 0. The van der Waals surface area contributed by atoms with E-state index >= 15 is 0 Å². The lowest BCUT2D eigenvalue weighted by Crippen LogP contribution is -1.95. The summed E-state index contributed by atoms with van der Waals surface area (Å²) in [6, 6.07) is 44.1. The minimum Gasteiger partial charge on any atom is -0.228 e. The van der Waals surface area contributed by atoms with Crippen LogP contribution in [0.1, 0.15) is 0 Å². The predicted molar refractivity (Wildman–Crippen MR) is 162 cm³/mol. The Balaban J connectivity index is 1.29. The minimum atomic E-state index is 0.423. The van der Waals surface area contributed by atoms with E-state index in [1.807, 2.05) is 47.7 Å². The van der Waals surface area contributed by atoms with Gasteiger partial charge in [0.1, 0.15) is 5.15 Å². The molecule has 0 saturated carbocycles. The van der Waals surface area contributed by atoms with Gasteiger partial charge >= 0.3 is 0 Å². The lowest BCUT2D eigenvalue weighted by Gasteiger charge is -2.11. The van der Waals surface area contributed by atoms with Gasteiger partial charge in [0.2, 0.25) is 0 Å². The molecule has 0 saturated heterocycles. The lowest BCUT2D eigenvalue weighted by molar-refractivity contribution is 1.18. The number of aromatic nitrogens is 2. The molecule has 0 N–H and O–H groups in total. The van der Waals surface area contributed by atoms with E-state index in [1.165, 1.54) is 31.3 Å². The number of rotatable bonds is 4. The van der Waals surface area contributed by atoms with E-state index in [9.17, 15) is 0 Å². The van der Waals surface area contributed by atoms with Gasteiger partial charge in [-0.1, -0.05) is 127 Å². The highest BCUT2D eigenvalue weighted by atomic mass is 35.5. The summed E-state index contributed by atoms with van der Waals surface area (Å²) in [5, 5.41) is 3.03. The first-order chi connectivity index (χ1) is 18.7. The fourth-order valence-corrected chi connectivity index (χ4v) is 6.46. The first-order valence-electron chi connectivity index (χ1n) is 12.4. The van der Waals surface area contributed by atoms with Crippen LogP contribution in [0.4, 0.5) is 0 Å². The first kappa shape index (κ1) is 22.9. The standard InChI is InChI=1S/C34H21ClN2S/c35-32-21-30(27-12-5-4-11-25(27)22-9-2-1-3-10-22)36-34(37-32)24-19-17-23(18-20-24)26-14-8-15-29-28-13-6-7-16-31(28)38-33(26)29/h1-21H. The molecule has 2 nitrogen and oxygen atoms in total. The number of halogens is 1. The zero-order valence-corrected chi connectivity index (χ0v) is 21.9. The van der Waals surface area contributed by atoms with E-state index < -0.39 is 0 Å². The van der Waals surface area contributed by atoms with Crippen molar-refractivity contribution in [1.82, 2.24) is 9.97 Å². The molecule has 0 amide bonds. The molecule has 0 unspecified atom stereocenters. The molecule has 5 aromatic carbocycles. The molecule has 0 atom stereocenters. The van der Waals surface area contributed by atoms with Gasteiger partial charge in [0.15, 0.2) is 5.82 Å². The van der Waals surface area contributed by atoms with Crippen LogP contribution in [0.25, 0.3) is 65.1 Å². The summed E-state index contributed by atoms with van der Waals surface area (Å²) in [5.41, 5.74) is 7.41. The second-order valence-corrected chi connectivity index (χ2v) is 10.6. The van der Waals surface area contributed by atoms with Gasteiger partial charge in [0, 0.05) is 37.4 Å². The molecule has 0 fully saturated rings. The van der Waals surface area contributed by atoms with E-state index in [0.717, 1.165) is 27.9 Å². The van der Waals surface area contributed by atoms with Crippen LogP contribution in [0.3, 0.4) is 0 Å². The number of nitrogens with zero attached hydrogens (tertiary/aromatic N) is 2. The lowest BCUT2D eigenvalue weighted by atomic mass is 9.97. The SMILES string of the molecule is Clc1cc(-c2ccccc2-c2ccccc2)nc(-c2ccc(-c3cccc4c3sc3ccccc34)cc2)n1. The van der Waals surface area contributed by atoms with Gasteiger partial charge < -0.3 is 0 Å². The maximum Gasteiger partial charge on any atom is 0.161 e. The normalized spacial score (nSPS) is 11.3. The Morgan fingerprint density at radius 2 is 1.13 bits per heavy atom. The average Bonchev–Trinajstić information content (AvgIpc) is 3.36. The van der Waals surface area contributed by atoms with Crippen molar-refractivity contribution in [3.63, 3.8) is 0 Å². The van der Waals surface area contributed by atoms with E-state index in [-0.39, 0.29) is 0 Å². The van der Waals surface area contributed by atoms with Gasteiger partial charge in [0.05, 0.1) is 5.69 Å². The van der Waals surface area contributed by atoms with E-state index in [4.69, 9.17) is 16.6 Å². The van der Waals surface area contributed by atoms with Crippen molar-refractivity contribution >= 4 is 43.1 Å². The Morgan fingerprint density at radius 3 is 1.97 bits per heavy atom. The predicted octanol–water partition coefficient (Wildman–Crippen LogP) is 10.2. The summed E-state index contributed by atoms with van der Waals surface area (Å²) in [5.74, 6) is 0.613. The van der Waals surface area contributed by atoms with Crippen LogP contribution in [0.2, 0.25) is 5.15 Å². The Morgan fingerprint density at radius 1 is 0.500 bits per heavy atom. The largest absolute Gasteiger partial charge is 0.228 e. The molecule has 0 aliphatic carbocycles. The minimum absolute atomic E-state index is 0.423. The Hall–Kier alpha value is -4.31. The molecule has 0 radical (unpaired) electrons. The topological polar surface area (TPSA) is 25.8 Å². The van der Waals surface area contributed by atoms with Crippen LogP contribution in [0.15, 0.2) is 127 Å². The number of fused-ring (bicyclic) bond motifs is 3. The smallest absolute Gasteiger partial charge is 0.161 e. The van der Waals surface area contributed by atoms with E-state index in [1.54, 1.807) is 0 Å². The third kappa shape index (κ3) is 4.06. The van der Waals surface area contributed by atoms with Crippen LogP contribution in [-0.2, 0) is 0 Å². The molecule has 4 heteroatoms. The van der Waals surface area contributed by atoms with Gasteiger partial charge in [0.25, 0.3) is 0 Å². The molecule has 7 rings (SSSR count). The summed E-state index contributed by atoms with van der Waals surface area (Å²) in [7, 11) is 0. The number of benzene rings is 5. The van der Waals surface area contributed by atoms with Gasteiger partial charge in [-0.05, 0) is 28.3 Å². The molecule has 0 spiro atoms. The quantitative estimate of drug-likeness (QED) is 0.214. The highest BCUT2D eigenvalue weighted by molar-refractivity contribution is 7.26. The molecule has 38 heavy (non-hydrogen) atoms. The van der Waals surface area contributed by atoms with E-state index in [0.29, 0.717) is 11.0 Å². The van der Waals surface area contributed by atoms with Crippen molar-refractivity contribution in [1.29, 1.82) is 0 Å². The van der Waals surface area contributed by atoms with Gasteiger partial charge in [-0.15, -0.1) is 11.3 Å². The van der Waals surface area contributed by atoms with E-state index in [2.05, 4.69) is 96.0 Å². The highest BCUT2D eigenvalue weighted by Crippen LogP contribution is 2.40. The van der Waals surface area contributed by atoms with Crippen molar-refractivity contribution in [3.05, 3.63) is 133 Å². The third-order valence-electron chi connectivity index (χ3n) is 6.84. The molecule has 180 valence electrons. The van der Waals surface area contributed by atoms with Gasteiger partial charge in [-0.25, -0.2) is 9.97 Å². The van der Waals surface area contributed by atoms with Crippen LogP contribution < -0.4 is 0 Å². The molecule has 0 aliphatic heterocycles. The second-order valence-electron chi connectivity index (χ2n) is 9.17. The molecule has 7 aromatic rings. The summed E-state index contributed by atoms with van der Waals surface area (Å²) < 4.78 is 2.61. The zero-order valence-electron chi connectivity index (χ0n) is 20.3. The monoisotopic (exact) mass is 524 g/mol. The molecule has 2 aromatic heterocycles. The second kappa shape index (κ2) is 9.53. The van der Waals surface area contributed by atoms with Crippen molar-refractivity contribution in [2.45, 2.75) is 0 Å². The highest BCUT2D eigenvalue weighted by Gasteiger charge is 2.14. The molecular weight excluding hydrogens is 504 g/mol. The van der Waals surface area contributed by atoms with Crippen molar-refractivity contribution < 1.29 is 0 Å². The summed E-state index contributed by atoms with van der Waals surface area (Å²) >= 11 is 8.37. The van der Waals surface area contributed by atoms with Crippen LogP contribution in [-0.4, -0.2) is 9.97 Å². The number of hydrogen-bond donors (Lipinski definition) is 0. The number of thiophene rings is 1.